The molecule has 2 aromatic carbocycles. The lowest BCUT2D eigenvalue weighted by molar-refractivity contribution is 0.251. The lowest BCUT2D eigenvalue weighted by Gasteiger charge is -2.29. The number of anilines is 2. The Morgan fingerprint density at radius 2 is 1.93 bits per heavy atom. The van der Waals surface area contributed by atoms with E-state index in [9.17, 15) is 13.2 Å². The van der Waals surface area contributed by atoms with Crippen molar-refractivity contribution in [2.45, 2.75) is 19.4 Å². The molecule has 0 atom stereocenters. The summed E-state index contributed by atoms with van der Waals surface area (Å²) in [5.41, 5.74) is 3.10. The maximum Gasteiger partial charge on any atom is 0.319 e. The fourth-order valence-corrected chi connectivity index (χ4v) is 4.05. The van der Waals surface area contributed by atoms with Crippen molar-refractivity contribution in [3.05, 3.63) is 53.6 Å². The number of ether oxygens (including phenoxy) is 1. The largest absolute Gasteiger partial charge is 0.497 e. The molecule has 0 aliphatic carbocycles. The quantitative estimate of drug-likeness (QED) is 0.823. The van der Waals surface area contributed by atoms with Gasteiger partial charge in [-0.3, -0.25) is 4.31 Å². The van der Waals surface area contributed by atoms with Crippen molar-refractivity contribution >= 4 is 27.4 Å². The monoisotopic (exact) mass is 389 g/mol. The molecular formula is C19H23N3O4S. The van der Waals surface area contributed by atoms with Crippen LogP contribution in [0.1, 0.15) is 17.5 Å². The summed E-state index contributed by atoms with van der Waals surface area (Å²) >= 11 is 0. The predicted molar refractivity (Wildman–Crippen MR) is 106 cm³/mol. The second-order valence-corrected chi connectivity index (χ2v) is 8.34. The second kappa shape index (κ2) is 7.87. The highest BCUT2D eigenvalue weighted by Gasteiger charge is 2.24. The van der Waals surface area contributed by atoms with E-state index in [-0.39, 0.29) is 6.03 Å². The van der Waals surface area contributed by atoms with Gasteiger partial charge in [-0.1, -0.05) is 18.2 Å². The van der Waals surface area contributed by atoms with E-state index < -0.39 is 10.0 Å². The van der Waals surface area contributed by atoms with Crippen molar-refractivity contribution < 1.29 is 17.9 Å². The van der Waals surface area contributed by atoms with E-state index in [4.69, 9.17) is 4.74 Å². The maximum absolute atomic E-state index is 12.2. The summed E-state index contributed by atoms with van der Waals surface area (Å²) in [5.74, 6) is 0.757. The van der Waals surface area contributed by atoms with Crippen LogP contribution in [0.5, 0.6) is 5.75 Å². The number of aryl methyl sites for hydroxylation is 1. The van der Waals surface area contributed by atoms with Gasteiger partial charge in [0.1, 0.15) is 5.75 Å². The molecule has 1 heterocycles. The number of sulfonamides is 1. The molecule has 7 nitrogen and oxygen atoms in total. The zero-order chi connectivity index (χ0) is 19.4. The highest BCUT2D eigenvalue weighted by molar-refractivity contribution is 7.92. The number of carbonyl (C=O) groups excluding carboxylic acids is 1. The molecular weight excluding hydrogens is 366 g/mol. The van der Waals surface area contributed by atoms with Crippen LogP contribution in [-0.4, -0.2) is 34.4 Å². The lowest BCUT2D eigenvalue weighted by atomic mass is 10.0. The minimum Gasteiger partial charge on any atom is -0.497 e. The zero-order valence-electron chi connectivity index (χ0n) is 15.4. The highest BCUT2D eigenvalue weighted by atomic mass is 32.2. The third-order valence-electron chi connectivity index (χ3n) is 4.43. The molecule has 0 radical (unpaired) electrons. The second-order valence-electron chi connectivity index (χ2n) is 6.44. The summed E-state index contributed by atoms with van der Waals surface area (Å²) < 4.78 is 30.5. The first kappa shape index (κ1) is 19.0. The van der Waals surface area contributed by atoms with Crippen LogP contribution in [0.2, 0.25) is 0 Å². The molecule has 27 heavy (non-hydrogen) atoms. The highest BCUT2D eigenvalue weighted by Crippen LogP contribution is 2.31. The van der Waals surface area contributed by atoms with E-state index in [1.807, 2.05) is 30.3 Å². The Bertz CT molecular complexity index is 926. The van der Waals surface area contributed by atoms with Crippen molar-refractivity contribution in [2.24, 2.45) is 0 Å². The number of fused-ring (bicyclic) bond motifs is 1. The van der Waals surface area contributed by atoms with Crippen LogP contribution >= 0.6 is 0 Å². The molecule has 0 spiro atoms. The Balaban J connectivity index is 1.66. The third kappa shape index (κ3) is 4.71. The number of hydrogen-bond donors (Lipinski definition) is 2. The molecule has 1 aliphatic rings. The van der Waals surface area contributed by atoms with Crippen LogP contribution in [-0.2, 0) is 23.0 Å². The van der Waals surface area contributed by atoms with Crippen LogP contribution in [0.15, 0.2) is 42.5 Å². The minimum absolute atomic E-state index is 0.354. The summed E-state index contributed by atoms with van der Waals surface area (Å²) in [6.07, 6.45) is 2.81. The van der Waals surface area contributed by atoms with Gasteiger partial charge >= 0.3 is 6.03 Å². The average molecular weight is 389 g/mol. The standard InChI is InChI=1S/C19H23N3O4S/c1-26-17-9-5-14(6-10-17)13-20-19(23)21-16-8-7-15-4-3-11-22(18(15)12-16)27(2,24)25/h5-10,12H,3-4,11,13H2,1-2H3,(H2,20,21,23). The number of carbonyl (C=O) groups is 1. The number of hydrogen-bond acceptors (Lipinski definition) is 4. The Hall–Kier alpha value is -2.74. The third-order valence-corrected chi connectivity index (χ3v) is 5.61. The molecule has 1 aliphatic heterocycles. The van der Waals surface area contributed by atoms with Crippen LogP contribution in [0.4, 0.5) is 16.2 Å². The molecule has 0 unspecified atom stereocenters. The van der Waals surface area contributed by atoms with E-state index in [1.54, 1.807) is 19.2 Å². The summed E-state index contributed by atoms with van der Waals surface area (Å²) in [5, 5.41) is 5.54. The van der Waals surface area contributed by atoms with Gasteiger partial charge in [-0.2, -0.15) is 0 Å². The molecule has 2 N–H and O–H groups in total. The Labute approximate surface area is 159 Å². The Morgan fingerprint density at radius 1 is 1.19 bits per heavy atom. The van der Waals surface area contributed by atoms with E-state index >= 15 is 0 Å². The number of nitrogens with one attached hydrogen (secondary N) is 2. The van der Waals surface area contributed by atoms with E-state index in [0.29, 0.717) is 24.5 Å². The zero-order valence-corrected chi connectivity index (χ0v) is 16.2. The summed E-state index contributed by atoms with van der Waals surface area (Å²) in [6.45, 7) is 0.829. The Morgan fingerprint density at radius 3 is 2.59 bits per heavy atom. The van der Waals surface area contributed by atoms with Gasteiger partial charge in [-0.25, -0.2) is 13.2 Å². The van der Waals surface area contributed by atoms with Gasteiger partial charge in [0.25, 0.3) is 0 Å². The molecule has 0 saturated carbocycles. The fourth-order valence-electron chi connectivity index (χ4n) is 3.06. The number of benzene rings is 2. The van der Waals surface area contributed by atoms with Crippen molar-refractivity contribution in [3.8, 4) is 5.75 Å². The van der Waals surface area contributed by atoms with Crippen LogP contribution < -0.4 is 19.7 Å². The first-order chi connectivity index (χ1) is 12.9. The number of amides is 2. The maximum atomic E-state index is 12.2. The number of nitrogens with zero attached hydrogens (tertiary/aromatic N) is 1. The van der Waals surface area contributed by atoms with Crippen molar-refractivity contribution in [1.82, 2.24) is 5.32 Å². The minimum atomic E-state index is -3.34. The van der Waals surface area contributed by atoms with Gasteiger partial charge in [0.05, 0.1) is 19.1 Å². The average Bonchev–Trinajstić information content (AvgIpc) is 2.65. The van der Waals surface area contributed by atoms with Gasteiger partial charge in [0, 0.05) is 18.8 Å². The van der Waals surface area contributed by atoms with Crippen LogP contribution in [0, 0.1) is 0 Å². The summed E-state index contributed by atoms with van der Waals surface area (Å²) in [6, 6.07) is 12.4. The molecule has 2 aromatic rings. The van der Waals surface area contributed by atoms with Gasteiger partial charge in [0.2, 0.25) is 10.0 Å². The molecule has 8 heteroatoms. The number of methoxy groups -OCH3 is 1. The van der Waals surface area contributed by atoms with Crippen LogP contribution in [0.25, 0.3) is 0 Å². The smallest absolute Gasteiger partial charge is 0.319 e. The van der Waals surface area contributed by atoms with Crippen LogP contribution in [0.3, 0.4) is 0 Å². The summed E-state index contributed by atoms with van der Waals surface area (Å²) in [4.78, 5) is 12.2. The topological polar surface area (TPSA) is 87.7 Å². The first-order valence-corrected chi connectivity index (χ1v) is 10.5. The molecule has 0 saturated heterocycles. The normalized spacial score (nSPS) is 13.6. The Kier molecular flexibility index (Phi) is 5.55. The van der Waals surface area contributed by atoms with E-state index in [1.165, 1.54) is 10.6 Å². The van der Waals surface area contributed by atoms with Gasteiger partial charge in [-0.05, 0) is 48.2 Å². The SMILES string of the molecule is COc1ccc(CNC(=O)Nc2ccc3c(c2)N(S(C)(=O)=O)CCC3)cc1. The van der Waals surface area contributed by atoms with Gasteiger partial charge < -0.3 is 15.4 Å². The molecule has 0 fully saturated rings. The van der Waals surface area contributed by atoms with Crippen molar-refractivity contribution in [1.29, 1.82) is 0 Å². The van der Waals surface area contributed by atoms with Crippen molar-refractivity contribution in [3.63, 3.8) is 0 Å². The summed E-state index contributed by atoms with van der Waals surface area (Å²) in [7, 11) is -1.74. The lowest BCUT2D eigenvalue weighted by Crippen LogP contribution is -2.34. The van der Waals surface area contributed by atoms with Gasteiger partial charge in [0.15, 0.2) is 0 Å². The van der Waals surface area contributed by atoms with E-state index in [0.717, 1.165) is 29.7 Å². The molecule has 3 rings (SSSR count). The van der Waals surface area contributed by atoms with E-state index in [2.05, 4.69) is 10.6 Å². The van der Waals surface area contributed by atoms with Crippen molar-refractivity contribution in [2.75, 3.05) is 29.5 Å². The molecule has 2 amide bonds. The first-order valence-electron chi connectivity index (χ1n) is 8.65. The molecule has 144 valence electrons. The molecule has 0 aromatic heterocycles. The number of urea groups is 1. The fraction of sp³-hybridized carbons (Fsp3) is 0.316. The number of rotatable bonds is 5. The molecule has 0 bridgehead atoms. The predicted octanol–water partition coefficient (Wildman–Crippen LogP) is 2.73. The van der Waals surface area contributed by atoms with Gasteiger partial charge in [-0.15, -0.1) is 0 Å².